The van der Waals surface area contributed by atoms with Gasteiger partial charge in [-0.3, -0.25) is 15.1 Å². The van der Waals surface area contributed by atoms with Gasteiger partial charge >= 0.3 is 0 Å². The minimum atomic E-state index is -0.406. The summed E-state index contributed by atoms with van der Waals surface area (Å²) in [4.78, 5) is 23.8. The molecule has 0 aliphatic rings. The van der Waals surface area contributed by atoms with Gasteiger partial charge < -0.3 is 10.6 Å². The van der Waals surface area contributed by atoms with E-state index in [9.17, 15) is 10.1 Å². The lowest BCUT2D eigenvalue weighted by molar-refractivity contribution is -0.383. The van der Waals surface area contributed by atoms with Gasteiger partial charge in [0.15, 0.2) is 0 Å². The maximum absolute atomic E-state index is 11.4. The molecule has 0 aliphatic carbocycles. The molecule has 1 atom stereocenters. The van der Waals surface area contributed by atoms with Crippen LogP contribution in [-0.2, 0) is 0 Å². The van der Waals surface area contributed by atoms with Crippen molar-refractivity contribution in [2.24, 2.45) is 0 Å². The summed E-state index contributed by atoms with van der Waals surface area (Å²) in [5, 5.41) is 18.3. The number of nitro groups is 1. The maximum atomic E-state index is 11.4. The number of anilines is 2. The predicted molar refractivity (Wildman–Crippen MR) is 96.6 cm³/mol. The zero-order chi connectivity index (χ0) is 17.8. The summed E-state index contributed by atoms with van der Waals surface area (Å²) in [6.07, 6.45) is 3.16. The number of aromatic nitrogens is 3. The molecule has 0 amide bonds. The summed E-state index contributed by atoms with van der Waals surface area (Å²) in [5.74, 6) is 0.536. The Morgan fingerprint density at radius 3 is 2.76 bits per heavy atom. The van der Waals surface area contributed by atoms with E-state index in [4.69, 9.17) is 0 Å². The highest BCUT2D eigenvalue weighted by Gasteiger charge is 2.18. The molecule has 0 saturated heterocycles. The van der Waals surface area contributed by atoms with Crippen molar-refractivity contribution in [3.63, 3.8) is 0 Å². The number of fused-ring (bicyclic) bond motifs is 1. The van der Waals surface area contributed by atoms with E-state index in [1.807, 2.05) is 32.0 Å². The molecule has 128 valence electrons. The van der Waals surface area contributed by atoms with Gasteiger partial charge in [0.1, 0.15) is 17.8 Å². The Hall–Kier alpha value is -3.29. The Kier molecular flexibility index (Phi) is 4.69. The van der Waals surface area contributed by atoms with Crippen molar-refractivity contribution >= 4 is 28.1 Å². The summed E-state index contributed by atoms with van der Waals surface area (Å²) in [6.45, 7) is 4.42. The molecule has 2 aromatic heterocycles. The van der Waals surface area contributed by atoms with Crippen LogP contribution >= 0.6 is 0 Å². The number of pyridine rings is 1. The number of nitrogens with one attached hydrogen (secondary N) is 2. The molecular formula is C17H18N6O2. The molecular weight excluding hydrogens is 320 g/mol. The lowest BCUT2D eigenvalue weighted by Gasteiger charge is -2.15. The number of hydrogen-bond acceptors (Lipinski definition) is 7. The fourth-order valence-corrected chi connectivity index (χ4v) is 2.60. The van der Waals surface area contributed by atoms with Crippen molar-refractivity contribution in [1.29, 1.82) is 0 Å². The summed E-state index contributed by atoms with van der Waals surface area (Å²) in [5.41, 5.74) is 1.93. The van der Waals surface area contributed by atoms with E-state index < -0.39 is 4.92 Å². The van der Waals surface area contributed by atoms with Crippen LogP contribution < -0.4 is 10.6 Å². The first-order valence-corrected chi connectivity index (χ1v) is 7.94. The van der Waals surface area contributed by atoms with Crippen LogP contribution in [0.4, 0.5) is 17.2 Å². The van der Waals surface area contributed by atoms with E-state index in [-0.39, 0.29) is 11.7 Å². The fraction of sp³-hybridized carbons (Fsp3) is 0.235. The largest absolute Gasteiger partial charge is 0.380 e. The van der Waals surface area contributed by atoms with Gasteiger partial charge in [-0.1, -0.05) is 6.07 Å². The van der Waals surface area contributed by atoms with Gasteiger partial charge in [-0.15, -0.1) is 0 Å². The van der Waals surface area contributed by atoms with Gasteiger partial charge in [-0.05, 0) is 32.0 Å². The fourth-order valence-electron chi connectivity index (χ4n) is 2.60. The van der Waals surface area contributed by atoms with Crippen LogP contribution in [0.25, 0.3) is 10.9 Å². The summed E-state index contributed by atoms with van der Waals surface area (Å²) in [7, 11) is 0. The van der Waals surface area contributed by atoms with Gasteiger partial charge in [0.05, 0.1) is 22.2 Å². The molecule has 0 saturated carbocycles. The van der Waals surface area contributed by atoms with E-state index in [0.717, 1.165) is 5.69 Å². The van der Waals surface area contributed by atoms with E-state index in [2.05, 4.69) is 25.6 Å². The minimum absolute atomic E-state index is 0.00214. The second-order valence-electron chi connectivity index (χ2n) is 5.52. The molecule has 0 radical (unpaired) electrons. The number of nitrogens with zero attached hydrogens (tertiary/aromatic N) is 4. The van der Waals surface area contributed by atoms with Crippen molar-refractivity contribution in [3.8, 4) is 0 Å². The quantitative estimate of drug-likeness (QED) is 0.523. The molecule has 0 spiro atoms. The molecule has 8 nitrogen and oxygen atoms in total. The van der Waals surface area contributed by atoms with Crippen LogP contribution in [0.5, 0.6) is 0 Å². The Balaban J connectivity index is 2.04. The second kappa shape index (κ2) is 7.08. The van der Waals surface area contributed by atoms with E-state index >= 15 is 0 Å². The van der Waals surface area contributed by atoms with Gasteiger partial charge in [0.2, 0.25) is 0 Å². The molecule has 3 aromatic rings. The SMILES string of the molecule is CCNc1cc2ncnc(NC(C)c3ccccn3)c2cc1[N+](=O)[O-]. The van der Waals surface area contributed by atoms with Crippen molar-refractivity contribution in [3.05, 3.63) is 58.7 Å². The number of hydrogen-bond donors (Lipinski definition) is 2. The average Bonchev–Trinajstić information content (AvgIpc) is 2.62. The average molecular weight is 338 g/mol. The monoisotopic (exact) mass is 338 g/mol. The molecule has 8 heteroatoms. The van der Waals surface area contributed by atoms with Crippen LogP contribution in [-0.4, -0.2) is 26.4 Å². The second-order valence-corrected chi connectivity index (χ2v) is 5.52. The van der Waals surface area contributed by atoms with Crippen molar-refractivity contribution in [2.75, 3.05) is 17.2 Å². The van der Waals surface area contributed by atoms with Gasteiger partial charge in [0.25, 0.3) is 5.69 Å². The normalized spacial score (nSPS) is 11.9. The summed E-state index contributed by atoms with van der Waals surface area (Å²) < 4.78 is 0. The van der Waals surface area contributed by atoms with Crippen LogP contribution in [0.3, 0.4) is 0 Å². The highest BCUT2D eigenvalue weighted by atomic mass is 16.6. The van der Waals surface area contributed by atoms with Gasteiger partial charge in [0, 0.05) is 24.2 Å². The Morgan fingerprint density at radius 2 is 2.08 bits per heavy atom. The first-order chi connectivity index (χ1) is 12.1. The van der Waals surface area contributed by atoms with E-state index in [1.54, 1.807) is 12.3 Å². The number of rotatable bonds is 6. The molecule has 3 rings (SSSR count). The highest BCUT2D eigenvalue weighted by molar-refractivity contribution is 5.94. The lowest BCUT2D eigenvalue weighted by atomic mass is 10.1. The first kappa shape index (κ1) is 16.6. The number of nitro benzene ring substituents is 1. The first-order valence-electron chi connectivity index (χ1n) is 7.94. The predicted octanol–water partition coefficient (Wildman–Crippen LogP) is 3.54. The highest BCUT2D eigenvalue weighted by Crippen LogP contribution is 2.32. The van der Waals surface area contributed by atoms with Crippen LogP contribution in [0.1, 0.15) is 25.6 Å². The lowest BCUT2D eigenvalue weighted by Crippen LogP contribution is -2.10. The molecule has 1 unspecified atom stereocenters. The standard InChI is InChI=1S/C17H18N6O2/c1-3-18-15-9-14-12(8-16(15)23(24)25)17(21-10-20-14)22-11(2)13-6-4-5-7-19-13/h4-11,18H,3H2,1-2H3,(H,20,21,22). The van der Waals surface area contributed by atoms with Crippen molar-refractivity contribution in [1.82, 2.24) is 15.0 Å². The third kappa shape index (κ3) is 3.47. The van der Waals surface area contributed by atoms with Gasteiger partial charge in [-0.2, -0.15) is 0 Å². The molecule has 25 heavy (non-hydrogen) atoms. The molecule has 0 fully saturated rings. The van der Waals surface area contributed by atoms with Crippen LogP contribution in [0.15, 0.2) is 42.9 Å². The molecule has 2 N–H and O–H groups in total. The van der Waals surface area contributed by atoms with Crippen molar-refractivity contribution in [2.45, 2.75) is 19.9 Å². The Bertz CT molecular complexity index is 900. The summed E-state index contributed by atoms with van der Waals surface area (Å²) >= 11 is 0. The molecule has 2 heterocycles. The van der Waals surface area contributed by atoms with Crippen molar-refractivity contribution < 1.29 is 4.92 Å². The van der Waals surface area contributed by atoms with Gasteiger partial charge in [-0.25, -0.2) is 9.97 Å². The molecule has 0 aliphatic heterocycles. The maximum Gasteiger partial charge on any atom is 0.293 e. The minimum Gasteiger partial charge on any atom is -0.380 e. The van der Waals surface area contributed by atoms with E-state index in [1.165, 1.54) is 12.4 Å². The molecule has 0 bridgehead atoms. The third-order valence-corrected chi connectivity index (χ3v) is 3.80. The number of benzene rings is 1. The van der Waals surface area contributed by atoms with E-state index in [0.29, 0.717) is 29.0 Å². The van der Waals surface area contributed by atoms with Crippen LogP contribution in [0, 0.1) is 10.1 Å². The smallest absolute Gasteiger partial charge is 0.293 e. The Labute approximate surface area is 144 Å². The molecule has 1 aromatic carbocycles. The zero-order valence-corrected chi connectivity index (χ0v) is 13.9. The zero-order valence-electron chi connectivity index (χ0n) is 13.9. The summed E-state index contributed by atoms with van der Waals surface area (Å²) in [6, 6.07) is 8.74. The third-order valence-electron chi connectivity index (χ3n) is 3.80. The Morgan fingerprint density at radius 1 is 1.24 bits per heavy atom. The van der Waals surface area contributed by atoms with Crippen LogP contribution in [0.2, 0.25) is 0 Å². The topological polar surface area (TPSA) is 106 Å².